The van der Waals surface area contributed by atoms with Crippen LogP contribution in [0, 0.1) is 13.8 Å². The van der Waals surface area contributed by atoms with Gasteiger partial charge in [-0.25, -0.2) is 9.78 Å². The van der Waals surface area contributed by atoms with Crippen molar-refractivity contribution in [2.24, 2.45) is 0 Å². The quantitative estimate of drug-likeness (QED) is 0.444. The van der Waals surface area contributed by atoms with Gasteiger partial charge >= 0.3 is 5.97 Å². The van der Waals surface area contributed by atoms with Crippen LogP contribution in [0.25, 0.3) is 5.13 Å². The predicted octanol–water partition coefficient (Wildman–Crippen LogP) is 4.90. The summed E-state index contributed by atoms with van der Waals surface area (Å²) >= 11 is 13.3. The van der Waals surface area contributed by atoms with Crippen LogP contribution in [0.4, 0.5) is 0 Å². The van der Waals surface area contributed by atoms with Gasteiger partial charge in [-0.2, -0.15) is 0 Å². The summed E-state index contributed by atoms with van der Waals surface area (Å²) in [6, 6.07) is 6.21. The van der Waals surface area contributed by atoms with Crippen molar-refractivity contribution in [3.05, 3.63) is 68.4 Å². The highest BCUT2D eigenvalue weighted by molar-refractivity contribution is 7.12. The van der Waals surface area contributed by atoms with E-state index < -0.39 is 5.97 Å². The van der Waals surface area contributed by atoms with Gasteiger partial charge in [0, 0.05) is 33.6 Å². The molecule has 0 N–H and O–H groups in total. The van der Waals surface area contributed by atoms with E-state index in [2.05, 4.69) is 4.98 Å². The van der Waals surface area contributed by atoms with Crippen molar-refractivity contribution < 1.29 is 14.3 Å². The fourth-order valence-electron chi connectivity index (χ4n) is 2.61. The van der Waals surface area contributed by atoms with E-state index in [-0.39, 0.29) is 23.0 Å². The lowest BCUT2D eigenvalue weighted by Crippen LogP contribution is -2.15. The van der Waals surface area contributed by atoms with Crippen LogP contribution < -0.4 is 0 Å². The zero-order valence-corrected chi connectivity index (χ0v) is 16.3. The van der Waals surface area contributed by atoms with Crippen LogP contribution in [0.5, 0.6) is 0 Å². The molecule has 0 atom stereocenters. The monoisotopic (exact) mass is 408 g/mol. The summed E-state index contributed by atoms with van der Waals surface area (Å²) in [5, 5.41) is 3.24. The third kappa shape index (κ3) is 3.67. The van der Waals surface area contributed by atoms with Gasteiger partial charge in [-0.15, -0.1) is 11.3 Å². The molecule has 0 radical (unpaired) electrons. The van der Waals surface area contributed by atoms with Gasteiger partial charge in [-0.3, -0.25) is 9.36 Å². The highest BCUT2D eigenvalue weighted by Crippen LogP contribution is 2.24. The highest BCUT2D eigenvalue weighted by Gasteiger charge is 2.20. The molecule has 0 amide bonds. The predicted molar refractivity (Wildman–Crippen MR) is 102 cm³/mol. The number of aromatic nitrogens is 2. The molecule has 2 heterocycles. The molecule has 134 valence electrons. The number of aryl methyl sites for hydroxylation is 1. The van der Waals surface area contributed by atoms with Crippen molar-refractivity contribution in [1.29, 1.82) is 0 Å². The van der Waals surface area contributed by atoms with Gasteiger partial charge in [-0.1, -0.05) is 23.2 Å². The lowest BCUT2D eigenvalue weighted by molar-refractivity contribution is 0.0474. The largest absolute Gasteiger partial charge is 0.454 e. The molecule has 0 aliphatic heterocycles. The maximum absolute atomic E-state index is 12.5. The molecular formula is C18H14Cl2N2O3S. The molecule has 0 unspecified atom stereocenters. The molecule has 26 heavy (non-hydrogen) atoms. The Labute approximate surface area is 164 Å². The normalized spacial score (nSPS) is 10.8. The van der Waals surface area contributed by atoms with E-state index in [1.165, 1.54) is 29.5 Å². The molecular weight excluding hydrogens is 395 g/mol. The first kappa shape index (κ1) is 18.6. The molecule has 8 heteroatoms. The highest BCUT2D eigenvalue weighted by atomic mass is 35.5. The first-order valence-electron chi connectivity index (χ1n) is 7.62. The minimum absolute atomic E-state index is 0.164. The number of rotatable bonds is 5. The number of ketones is 1. The maximum Gasteiger partial charge on any atom is 0.340 e. The van der Waals surface area contributed by atoms with Crippen LogP contribution in [-0.2, 0) is 4.74 Å². The van der Waals surface area contributed by atoms with Crippen LogP contribution in [0.2, 0.25) is 10.0 Å². The first-order valence-corrected chi connectivity index (χ1v) is 9.26. The number of nitrogens with zero attached hydrogens (tertiary/aromatic N) is 2. The van der Waals surface area contributed by atoms with E-state index in [1.54, 1.807) is 12.3 Å². The van der Waals surface area contributed by atoms with Crippen LogP contribution in [-0.4, -0.2) is 27.9 Å². The second-order valence-corrected chi connectivity index (χ2v) is 7.28. The number of benzene rings is 1. The number of halogens is 2. The summed E-state index contributed by atoms with van der Waals surface area (Å²) in [6.45, 7) is 3.35. The second kappa shape index (κ2) is 7.61. The minimum atomic E-state index is -0.672. The molecule has 2 aromatic heterocycles. The lowest BCUT2D eigenvalue weighted by atomic mass is 10.1. The molecule has 0 spiro atoms. The maximum atomic E-state index is 12.5. The molecule has 0 saturated carbocycles. The van der Waals surface area contributed by atoms with Gasteiger partial charge in [0.25, 0.3) is 0 Å². The van der Waals surface area contributed by atoms with Crippen molar-refractivity contribution in [2.45, 2.75) is 13.8 Å². The fraction of sp³-hybridized carbons (Fsp3) is 0.167. The molecule has 5 nitrogen and oxygen atoms in total. The van der Waals surface area contributed by atoms with E-state index in [0.717, 1.165) is 16.5 Å². The smallest absolute Gasteiger partial charge is 0.340 e. The summed E-state index contributed by atoms with van der Waals surface area (Å²) in [4.78, 5) is 28.9. The zero-order valence-electron chi connectivity index (χ0n) is 14.0. The van der Waals surface area contributed by atoms with Crippen LogP contribution in [0.15, 0.2) is 35.8 Å². The molecule has 3 rings (SSSR count). The Bertz CT molecular complexity index is 981. The van der Waals surface area contributed by atoms with Gasteiger partial charge in [-0.05, 0) is 38.1 Å². The average Bonchev–Trinajstić information content (AvgIpc) is 3.20. The van der Waals surface area contributed by atoms with E-state index in [0.29, 0.717) is 10.6 Å². The number of esters is 1. The Morgan fingerprint density at radius 2 is 1.96 bits per heavy atom. The number of ether oxygens (including phenoxy) is 1. The van der Waals surface area contributed by atoms with E-state index in [1.807, 2.05) is 23.8 Å². The summed E-state index contributed by atoms with van der Waals surface area (Å²) in [5.74, 6) is -0.965. The topological polar surface area (TPSA) is 61.2 Å². The molecule has 0 fully saturated rings. The third-order valence-corrected chi connectivity index (χ3v) is 5.13. The van der Waals surface area contributed by atoms with Crippen molar-refractivity contribution in [2.75, 3.05) is 6.61 Å². The van der Waals surface area contributed by atoms with Crippen LogP contribution in [0.1, 0.15) is 32.1 Å². The number of thiazole rings is 1. The zero-order chi connectivity index (χ0) is 18.8. The fourth-order valence-corrected chi connectivity index (χ4v) is 3.84. The van der Waals surface area contributed by atoms with E-state index in [9.17, 15) is 9.59 Å². The van der Waals surface area contributed by atoms with Crippen LogP contribution >= 0.6 is 34.5 Å². The number of hydrogen-bond acceptors (Lipinski definition) is 5. The number of carbonyl (C=O) groups excluding carboxylic acids is 2. The average molecular weight is 409 g/mol. The van der Waals surface area contributed by atoms with Gasteiger partial charge in [0.05, 0.1) is 10.6 Å². The molecule has 0 aliphatic rings. The minimum Gasteiger partial charge on any atom is -0.454 e. The molecule has 0 saturated heterocycles. The molecule has 0 bridgehead atoms. The number of hydrogen-bond donors (Lipinski definition) is 0. The molecule has 3 aromatic rings. The van der Waals surface area contributed by atoms with Gasteiger partial charge in [0.1, 0.15) is 0 Å². The lowest BCUT2D eigenvalue weighted by Gasteiger charge is -2.07. The Kier molecular flexibility index (Phi) is 5.46. The van der Waals surface area contributed by atoms with E-state index in [4.69, 9.17) is 27.9 Å². The van der Waals surface area contributed by atoms with Crippen molar-refractivity contribution in [3.8, 4) is 5.13 Å². The molecule has 0 aliphatic carbocycles. The van der Waals surface area contributed by atoms with Crippen molar-refractivity contribution in [1.82, 2.24) is 9.55 Å². The Balaban J connectivity index is 1.75. The second-order valence-electron chi connectivity index (χ2n) is 5.56. The van der Waals surface area contributed by atoms with Gasteiger partial charge in [0.2, 0.25) is 5.78 Å². The Morgan fingerprint density at radius 1 is 1.19 bits per heavy atom. The van der Waals surface area contributed by atoms with Crippen LogP contribution in [0.3, 0.4) is 0 Å². The SMILES string of the molecule is Cc1cc(C(=O)COC(=O)c2ccc(Cl)cc2Cl)c(C)n1-c1nccs1. The Morgan fingerprint density at radius 3 is 2.62 bits per heavy atom. The van der Waals surface area contributed by atoms with Gasteiger partial charge in [0.15, 0.2) is 11.7 Å². The first-order chi connectivity index (χ1) is 12.4. The van der Waals surface area contributed by atoms with Gasteiger partial charge < -0.3 is 4.74 Å². The Hall–Kier alpha value is -2.15. The standard InChI is InChI=1S/C18H14Cl2N2O3S/c1-10-7-14(11(2)22(10)18-21-5-6-26-18)16(23)9-25-17(24)13-4-3-12(19)8-15(13)20/h3-8H,9H2,1-2H3. The molecule has 1 aromatic carbocycles. The summed E-state index contributed by atoms with van der Waals surface area (Å²) in [6.07, 6.45) is 1.71. The summed E-state index contributed by atoms with van der Waals surface area (Å²) in [5.41, 5.74) is 2.29. The van der Waals surface area contributed by atoms with Crippen molar-refractivity contribution >= 4 is 46.3 Å². The number of carbonyl (C=O) groups is 2. The van der Waals surface area contributed by atoms with E-state index >= 15 is 0 Å². The van der Waals surface area contributed by atoms with Crippen molar-refractivity contribution in [3.63, 3.8) is 0 Å². The summed E-state index contributed by atoms with van der Waals surface area (Å²) < 4.78 is 7.02. The number of Topliss-reactive ketones (excluding diaryl/α,β-unsaturated/α-hetero) is 1. The summed E-state index contributed by atoms with van der Waals surface area (Å²) in [7, 11) is 0. The third-order valence-electron chi connectivity index (χ3n) is 3.83.